The van der Waals surface area contributed by atoms with E-state index >= 15 is 0 Å². The van der Waals surface area contributed by atoms with Gasteiger partial charge in [0.15, 0.2) is 6.61 Å². The van der Waals surface area contributed by atoms with E-state index < -0.39 is 11.7 Å². The molecule has 0 bridgehead atoms. The summed E-state index contributed by atoms with van der Waals surface area (Å²) in [6, 6.07) is 12.5. The van der Waals surface area contributed by atoms with Gasteiger partial charge in [-0.2, -0.15) is 0 Å². The number of nitrogens with one attached hydrogen (secondary N) is 1. The average molecular weight is 404 g/mol. The molecule has 2 rings (SSSR count). The summed E-state index contributed by atoms with van der Waals surface area (Å²) in [6.07, 6.45) is 0. The van der Waals surface area contributed by atoms with Gasteiger partial charge in [0.25, 0.3) is 11.8 Å². The molecule has 2 aromatic carbocycles. The zero-order valence-electron chi connectivity index (χ0n) is 16.5. The Balaban J connectivity index is 2.05. The van der Waals surface area contributed by atoms with Crippen molar-refractivity contribution in [1.82, 2.24) is 4.90 Å². The van der Waals surface area contributed by atoms with Crippen LogP contribution in [0.15, 0.2) is 48.5 Å². The first-order valence-corrected chi connectivity index (χ1v) is 9.10. The minimum absolute atomic E-state index is 0.0655. The maximum Gasteiger partial charge on any atom is 0.262 e. The van der Waals surface area contributed by atoms with Crippen LogP contribution in [0.2, 0.25) is 0 Å². The minimum Gasteiger partial charge on any atom is -0.483 e. The molecule has 156 valence electrons. The molecule has 0 aliphatic heterocycles. The van der Waals surface area contributed by atoms with Crippen LogP contribution in [0.4, 0.5) is 10.1 Å². The van der Waals surface area contributed by atoms with Crippen LogP contribution in [-0.2, 0) is 14.3 Å². The highest BCUT2D eigenvalue weighted by Crippen LogP contribution is 2.20. The van der Waals surface area contributed by atoms with Crippen molar-refractivity contribution >= 4 is 17.5 Å². The van der Waals surface area contributed by atoms with Gasteiger partial charge >= 0.3 is 0 Å². The third-order valence-corrected chi connectivity index (χ3v) is 4.04. The smallest absolute Gasteiger partial charge is 0.262 e. The van der Waals surface area contributed by atoms with Gasteiger partial charge in [-0.3, -0.25) is 9.59 Å². The van der Waals surface area contributed by atoms with Crippen LogP contribution >= 0.6 is 0 Å². The fraction of sp³-hybridized carbons (Fsp3) is 0.333. The van der Waals surface area contributed by atoms with Crippen LogP contribution in [0.5, 0.6) is 5.75 Å². The minimum atomic E-state index is -0.539. The van der Waals surface area contributed by atoms with Gasteiger partial charge in [0.1, 0.15) is 11.6 Å². The van der Waals surface area contributed by atoms with Crippen molar-refractivity contribution in [3.8, 4) is 5.75 Å². The van der Waals surface area contributed by atoms with Crippen molar-refractivity contribution in [1.29, 1.82) is 0 Å². The van der Waals surface area contributed by atoms with Crippen molar-refractivity contribution in [3.63, 3.8) is 0 Å². The highest BCUT2D eigenvalue weighted by molar-refractivity contribution is 5.97. The molecule has 0 heterocycles. The Hall–Kier alpha value is -2.97. The molecule has 8 heteroatoms. The summed E-state index contributed by atoms with van der Waals surface area (Å²) in [7, 11) is 3.12. The van der Waals surface area contributed by atoms with E-state index in [9.17, 15) is 14.0 Å². The summed E-state index contributed by atoms with van der Waals surface area (Å²) in [6.45, 7) is 1.17. The van der Waals surface area contributed by atoms with Crippen LogP contribution in [0.3, 0.4) is 0 Å². The number of nitrogens with zero attached hydrogens (tertiary/aromatic N) is 1. The molecule has 0 aromatic heterocycles. The van der Waals surface area contributed by atoms with Crippen LogP contribution in [0.1, 0.15) is 10.4 Å². The highest BCUT2D eigenvalue weighted by Gasteiger charge is 2.20. The van der Waals surface area contributed by atoms with E-state index in [1.54, 1.807) is 49.5 Å². The number of hydrogen-bond donors (Lipinski definition) is 1. The second-order valence-electron chi connectivity index (χ2n) is 6.09. The van der Waals surface area contributed by atoms with Gasteiger partial charge in [0.2, 0.25) is 0 Å². The largest absolute Gasteiger partial charge is 0.483 e. The van der Waals surface area contributed by atoms with E-state index in [0.717, 1.165) is 0 Å². The van der Waals surface area contributed by atoms with Gasteiger partial charge in [0, 0.05) is 27.3 Å². The number of para-hydroxylation sites is 2. The Kier molecular flexibility index (Phi) is 9.07. The summed E-state index contributed by atoms with van der Waals surface area (Å²) < 4.78 is 29.3. The summed E-state index contributed by atoms with van der Waals surface area (Å²) in [5.74, 6) is -1.07. The molecule has 2 aromatic rings. The van der Waals surface area contributed by atoms with E-state index in [1.165, 1.54) is 18.2 Å². The fourth-order valence-corrected chi connectivity index (χ4v) is 2.55. The number of ether oxygens (including phenoxy) is 3. The predicted molar refractivity (Wildman–Crippen MR) is 107 cm³/mol. The lowest BCUT2D eigenvalue weighted by Gasteiger charge is -2.23. The lowest BCUT2D eigenvalue weighted by molar-refractivity contribution is -0.118. The third kappa shape index (κ3) is 6.85. The molecule has 0 aliphatic carbocycles. The predicted octanol–water partition coefficient (Wildman–Crippen LogP) is 2.58. The molecule has 29 heavy (non-hydrogen) atoms. The third-order valence-electron chi connectivity index (χ3n) is 4.04. The zero-order chi connectivity index (χ0) is 21.1. The average Bonchev–Trinajstić information content (AvgIpc) is 2.74. The van der Waals surface area contributed by atoms with E-state index in [-0.39, 0.29) is 24.0 Å². The summed E-state index contributed by atoms with van der Waals surface area (Å²) in [4.78, 5) is 26.6. The number of amides is 2. The Morgan fingerprint density at radius 3 is 2.24 bits per heavy atom. The first-order chi connectivity index (χ1) is 14.1. The second kappa shape index (κ2) is 11.8. The van der Waals surface area contributed by atoms with Gasteiger partial charge in [-0.25, -0.2) is 4.39 Å². The second-order valence-corrected chi connectivity index (χ2v) is 6.09. The molecule has 0 atom stereocenters. The van der Waals surface area contributed by atoms with E-state index in [1.807, 2.05) is 0 Å². The topological polar surface area (TPSA) is 77.1 Å². The number of methoxy groups -OCH3 is 2. The number of carbonyl (C=O) groups is 2. The SMILES string of the molecule is COCCN(CCOC)C(=O)c1ccccc1OCC(=O)Nc1ccccc1F. The molecule has 0 radical (unpaired) electrons. The normalized spacial score (nSPS) is 10.4. The summed E-state index contributed by atoms with van der Waals surface area (Å²) >= 11 is 0. The number of hydrogen-bond acceptors (Lipinski definition) is 5. The van der Waals surface area contributed by atoms with Crippen LogP contribution in [-0.4, -0.2) is 63.8 Å². The molecule has 1 N–H and O–H groups in total. The van der Waals surface area contributed by atoms with E-state index in [2.05, 4.69) is 5.32 Å². The molecule has 0 spiro atoms. The highest BCUT2D eigenvalue weighted by atomic mass is 19.1. The van der Waals surface area contributed by atoms with Gasteiger partial charge in [-0.15, -0.1) is 0 Å². The van der Waals surface area contributed by atoms with Gasteiger partial charge in [0.05, 0.1) is 24.5 Å². The van der Waals surface area contributed by atoms with Gasteiger partial charge in [-0.05, 0) is 24.3 Å². The molecular formula is C21H25FN2O5. The van der Waals surface area contributed by atoms with E-state index in [4.69, 9.17) is 14.2 Å². The van der Waals surface area contributed by atoms with Crippen molar-refractivity contribution in [2.75, 3.05) is 52.4 Å². The first kappa shape index (κ1) is 22.3. The number of halogens is 1. The zero-order valence-corrected chi connectivity index (χ0v) is 16.5. The molecule has 0 saturated heterocycles. The van der Waals surface area contributed by atoms with Crippen molar-refractivity contribution in [2.45, 2.75) is 0 Å². The summed E-state index contributed by atoms with van der Waals surface area (Å²) in [5.41, 5.74) is 0.383. The standard InChI is InChI=1S/C21H25FN2O5/c1-27-13-11-24(12-14-28-2)21(26)16-7-3-6-10-19(16)29-15-20(25)23-18-9-5-4-8-17(18)22/h3-10H,11-15H2,1-2H3,(H,23,25). The molecule has 0 aliphatic rings. The molecule has 0 fully saturated rings. The monoisotopic (exact) mass is 404 g/mol. The molecule has 0 saturated carbocycles. The Labute approximate surface area is 169 Å². The van der Waals surface area contributed by atoms with Crippen molar-refractivity contribution in [3.05, 3.63) is 59.9 Å². The number of rotatable bonds is 11. The van der Waals surface area contributed by atoms with Gasteiger partial charge in [-0.1, -0.05) is 24.3 Å². The lowest BCUT2D eigenvalue weighted by atomic mass is 10.1. The Morgan fingerprint density at radius 2 is 1.59 bits per heavy atom. The Morgan fingerprint density at radius 1 is 0.966 bits per heavy atom. The number of benzene rings is 2. The fourth-order valence-electron chi connectivity index (χ4n) is 2.55. The van der Waals surface area contributed by atoms with Crippen LogP contribution in [0, 0.1) is 5.82 Å². The van der Waals surface area contributed by atoms with Crippen molar-refractivity contribution < 1.29 is 28.2 Å². The molecule has 7 nitrogen and oxygen atoms in total. The Bertz CT molecular complexity index is 807. The maximum absolute atomic E-state index is 13.6. The van der Waals surface area contributed by atoms with Crippen LogP contribution < -0.4 is 10.1 Å². The number of anilines is 1. The van der Waals surface area contributed by atoms with Gasteiger partial charge < -0.3 is 24.4 Å². The quantitative estimate of drug-likeness (QED) is 0.623. The first-order valence-electron chi connectivity index (χ1n) is 9.10. The lowest BCUT2D eigenvalue weighted by Crippen LogP contribution is -2.36. The van der Waals surface area contributed by atoms with Crippen molar-refractivity contribution in [2.24, 2.45) is 0 Å². The maximum atomic E-state index is 13.6. The molecular weight excluding hydrogens is 379 g/mol. The number of carbonyl (C=O) groups excluding carboxylic acids is 2. The molecule has 2 amide bonds. The summed E-state index contributed by atoms with van der Waals surface area (Å²) in [5, 5.41) is 2.44. The van der Waals surface area contributed by atoms with E-state index in [0.29, 0.717) is 31.9 Å². The molecule has 0 unspecified atom stereocenters. The van der Waals surface area contributed by atoms with Crippen LogP contribution in [0.25, 0.3) is 0 Å².